The number of nitrogens with two attached hydrogens (primary N) is 1. The maximum atomic E-state index is 5.48. The molecule has 1 aliphatic heterocycles. The van der Waals surface area contributed by atoms with E-state index in [0.717, 1.165) is 18.8 Å². The number of nitrogen functional groups attached to an aromatic ring is 1. The lowest BCUT2D eigenvalue weighted by atomic mass is 10.2. The molecule has 1 atom stereocenters. The standard InChI is InChI=1S/C9H14N4/c10-9-2-1-7(6-12-9)13-8-3-4-11-5-8/h1-2,6,8,11,13H,3-5H2,(H2,10,12). The van der Waals surface area contributed by atoms with Crippen molar-refractivity contribution in [2.45, 2.75) is 12.5 Å². The Morgan fingerprint density at radius 3 is 3.08 bits per heavy atom. The lowest BCUT2D eigenvalue weighted by Crippen LogP contribution is -2.22. The third kappa shape index (κ3) is 2.09. The fraction of sp³-hybridized carbons (Fsp3) is 0.444. The first-order chi connectivity index (χ1) is 6.34. The van der Waals surface area contributed by atoms with Gasteiger partial charge in [-0.3, -0.25) is 0 Å². The van der Waals surface area contributed by atoms with Gasteiger partial charge >= 0.3 is 0 Å². The average Bonchev–Trinajstić information content (AvgIpc) is 2.62. The van der Waals surface area contributed by atoms with Crippen LogP contribution in [0, 0.1) is 0 Å². The van der Waals surface area contributed by atoms with Crippen molar-refractivity contribution in [2.75, 3.05) is 24.1 Å². The largest absolute Gasteiger partial charge is 0.384 e. The molecule has 0 saturated carbocycles. The van der Waals surface area contributed by atoms with Gasteiger partial charge in [0.25, 0.3) is 0 Å². The van der Waals surface area contributed by atoms with Gasteiger partial charge in [-0.15, -0.1) is 0 Å². The van der Waals surface area contributed by atoms with Gasteiger partial charge in [0.15, 0.2) is 0 Å². The van der Waals surface area contributed by atoms with E-state index in [4.69, 9.17) is 5.73 Å². The molecule has 0 amide bonds. The highest BCUT2D eigenvalue weighted by atomic mass is 15.0. The zero-order valence-electron chi connectivity index (χ0n) is 7.46. The van der Waals surface area contributed by atoms with Crippen molar-refractivity contribution >= 4 is 11.5 Å². The molecule has 0 spiro atoms. The Hall–Kier alpha value is -1.29. The monoisotopic (exact) mass is 178 g/mol. The Balaban J connectivity index is 1.97. The van der Waals surface area contributed by atoms with Crippen LogP contribution < -0.4 is 16.4 Å². The predicted molar refractivity (Wildman–Crippen MR) is 53.5 cm³/mol. The number of nitrogens with one attached hydrogen (secondary N) is 2. The van der Waals surface area contributed by atoms with Crippen LogP contribution >= 0.6 is 0 Å². The molecular formula is C9H14N4. The van der Waals surface area contributed by atoms with E-state index < -0.39 is 0 Å². The first-order valence-electron chi connectivity index (χ1n) is 4.53. The summed E-state index contributed by atoms with van der Waals surface area (Å²) in [5, 5.41) is 6.68. The van der Waals surface area contributed by atoms with Crippen molar-refractivity contribution in [1.29, 1.82) is 0 Å². The third-order valence-electron chi connectivity index (χ3n) is 2.22. The van der Waals surface area contributed by atoms with Crippen molar-refractivity contribution in [3.05, 3.63) is 18.3 Å². The van der Waals surface area contributed by atoms with Crippen molar-refractivity contribution < 1.29 is 0 Å². The molecule has 0 bridgehead atoms. The van der Waals surface area contributed by atoms with Gasteiger partial charge in [-0.1, -0.05) is 0 Å². The van der Waals surface area contributed by atoms with E-state index in [2.05, 4.69) is 15.6 Å². The summed E-state index contributed by atoms with van der Waals surface area (Å²) >= 11 is 0. The highest BCUT2D eigenvalue weighted by molar-refractivity contribution is 5.46. The molecule has 1 aliphatic rings. The molecular weight excluding hydrogens is 164 g/mol. The number of aromatic nitrogens is 1. The summed E-state index contributed by atoms with van der Waals surface area (Å²) < 4.78 is 0. The van der Waals surface area contributed by atoms with Gasteiger partial charge in [-0.2, -0.15) is 0 Å². The minimum atomic E-state index is 0.533. The van der Waals surface area contributed by atoms with Gasteiger partial charge in [-0.25, -0.2) is 4.98 Å². The zero-order valence-corrected chi connectivity index (χ0v) is 7.46. The minimum absolute atomic E-state index is 0.533. The second-order valence-corrected chi connectivity index (χ2v) is 3.31. The Morgan fingerprint density at radius 1 is 1.54 bits per heavy atom. The molecule has 1 unspecified atom stereocenters. The fourth-order valence-electron chi connectivity index (χ4n) is 1.50. The second kappa shape index (κ2) is 3.62. The van der Waals surface area contributed by atoms with Crippen LogP contribution in [0.25, 0.3) is 0 Å². The van der Waals surface area contributed by atoms with E-state index in [9.17, 15) is 0 Å². The molecule has 1 aromatic rings. The van der Waals surface area contributed by atoms with Crippen molar-refractivity contribution in [2.24, 2.45) is 0 Å². The fourth-order valence-corrected chi connectivity index (χ4v) is 1.50. The van der Waals surface area contributed by atoms with Gasteiger partial charge in [0, 0.05) is 12.6 Å². The smallest absolute Gasteiger partial charge is 0.123 e. The molecule has 70 valence electrons. The normalized spacial score (nSPS) is 21.7. The Morgan fingerprint density at radius 2 is 2.46 bits per heavy atom. The van der Waals surface area contributed by atoms with Crippen LogP contribution in [0.5, 0.6) is 0 Å². The molecule has 4 nitrogen and oxygen atoms in total. The van der Waals surface area contributed by atoms with Crippen LogP contribution in [0.3, 0.4) is 0 Å². The lowest BCUT2D eigenvalue weighted by molar-refractivity contribution is 0.792. The number of hydrogen-bond donors (Lipinski definition) is 3. The van der Waals surface area contributed by atoms with Crippen molar-refractivity contribution in [1.82, 2.24) is 10.3 Å². The van der Waals surface area contributed by atoms with E-state index in [1.807, 2.05) is 12.1 Å². The van der Waals surface area contributed by atoms with Gasteiger partial charge < -0.3 is 16.4 Å². The van der Waals surface area contributed by atoms with Gasteiger partial charge in [0.1, 0.15) is 5.82 Å². The van der Waals surface area contributed by atoms with Gasteiger partial charge in [0.2, 0.25) is 0 Å². The summed E-state index contributed by atoms with van der Waals surface area (Å²) in [5.74, 6) is 0.565. The van der Waals surface area contributed by atoms with E-state index in [0.29, 0.717) is 11.9 Å². The maximum absolute atomic E-state index is 5.48. The maximum Gasteiger partial charge on any atom is 0.123 e. The first kappa shape index (κ1) is 8.31. The predicted octanol–water partition coefficient (Wildman–Crippen LogP) is 0.438. The number of pyridine rings is 1. The van der Waals surface area contributed by atoms with Gasteiger partial charge in [0.05, 0.1) is 11.9 Å². The van der Waals surface area contributed by atoms with Crippen LogP contribution in [0.15, 0.2) is 18.3 Å². The molecule has 4 heteroatoms. The topological polar surface area (TPSA) is 63.0 Å². The van der Waals surface area contributed by atoms with Crippen molar-refractivity contribution in [3.8, 4) is 0 Å². The molecule has 2 rings (SSSR count). The summed E-state index contributed by atoms with van der Waals surface area (Å²) in [6.07, 6.45) is 2.94. The quantitative estimate of drug-likeness (QED) is 0.615. The van der Waals surface area contributed by atoms with E-state index in [1.54, 1.807) is 6.20 Å². The third-order valence-corrected chi connectivity index (χ3v) is 2.22. The van der Waals surface area contributed by atoms with Crippen LogP contribution in [-0.4, -0.2) is 24.1 Å². The lowest BCUT2D eigenvalue weighted by Gasteiger charge is -2.11. The van der Waals surface area contributed by atoms with E-state index in [1.165, 1.54) is 6.42 Å². The number of hydrogen-bond acceptors (Lipinski definition) is 4. The first-order valence-corrected chi connectivity index (χ1v) is 4.53. The van der Waals surface area contributed by atoms with Crippen LogP contribution in [0.1, 0.15) is 6.42 Å². The number of anilines is 2. The molecule has 0 aliphatic carbocycles. The molecule has 13 heavy (non-hydrogen) atoms. The molecule has 1 fully saturated rings. The molecule has 2 heterocycles. The van der Waals surface area contributed by atoms with Gasteiger partial charge in [-0.05, 0) is 25.1 Å². The highest BCUT2D eigenvalue weighted by Gasteiger charge is 2.13. The average molecular weight is 178 g/mol. The van der Waals surface area contributed by atoms with Crippen molar-refractivity contribution in [3.63, 3.8) is 0 Å². The summed E-state index contributed by atoms with van der Waals surface area (Å²) in [6.45, 7) is 2.13. The van der Waals surface area contributed by atoms with Crippen LogP contribution in [0.2, 0.25) is 0 Å². The molecule has 1 aromatic heterocycles. The second-order valence-electron chi connectivity index (χ2n) is 3.31. The zero-order chi connectivity index (χ0) is 9.10. The summed E-state index contributed by atoms with van der Waals surface area (Å²) in [7, 11) is 0. The Labute approximate surface area is 77.5 Å². The molecule has 1 saturated heterocycles. The summed E-state index contributed by atoms with van der Waals surface area (Å²) in [6, 6.07) is 4.30. The van der Waals surface area contributed by atoms with Crippen LogP contribution in [0.4, 0.5) is 11.5 Å². The molecule has 0 aromatic carbocycles. The Bertz CT molecular complexity index is 263. The number of rotatable bonds is 2. The van der Waals surface area contributed by atoms with Crippen LogP contribution in [-0.2, 0) is 0 Å². The summed E-state index contributed by atoms with van der Waals surface area (Å²) in [5.41, 5.74) is 6.53. The highest BCUT2D eigenvalue weighted by Crippen LogP contribution is 2.11. The molecule has 4 N–H and O–H groups in total. The molecule has 0 radical (unpaired) electrons. The number of nitrogens with zero attached hydrogens (tertiary/aromatic N) is 1. The van der Waals surface area contributed by atoms with E-state index in [-0.39, 0.29) is 0 Å². The SMILES string of the molecule is Nc1ccc(NC2CCNC2)cn1. The summed E-state index contributed by atoms with van der Waals surface area (Å²) in [4.78, 5) is 4.02. The Kier molecular flexibility index (Phi) is 2.31. The van der Waals surface area contributed by atoms with E-state index >= 15 is 0 Å². The minimum Gasteiger partial charge on any atom is -0.384 e.